The van der Waals surface area contributed by atoms with Crippen LogP contribution in [0.2, 0.25) is 0 Å². The summed E-state index contributed by atoms with van der Waals surface area (Å²) in [5.41, 5.74) is 0.277. The minimum absolute atomic E-state index is 0.0863. The number of carbonyl (C=O) groups excluding carboxylic acids is 1. The van der Waals surface area contributed by atoms with Crippen molar-refractivity contribution in [1.29, 1.82) is 0 Å². The Morgan fingerprint density at radius 2 is 2.05 bits per heavy atom. The van der Waals surface area contributed by atoms with Crippen molar-refractivity contribution in [2.24, 2.45) is 0 Å². The third kappa shape index (κ3) is 5.11. The minimum Gasteiger partial charge on any atom is -0.377 e. The maximum atomic E-state index is 12.1. The molecule has 0 spiro atoms. The zero-order valence-electron chi connectivity index (χ0n) is 11.7. The maximum Gasteiger partial charge on any atom is 0.261 e. The molecule has 0 atom stereocenters. The van der Waals surface area contributed by atoms with Gasteiger partial charge in [-0.25, -0.2) is 8.42 Å². The van der Waals surface area contributed by atoms with Crippen LogP contribution in [0.15, 0.2) is 29.2 Å². The number of carbonyl (C=O) groups is 1. The quantitative estimate of drug-likeness (QED) is 0.753. The number of amides is 1. The van der Waals surface area contributed by atoms with E-state index in [-0.39, 0.29) is 22.5 Å². The van der Waals surface area contributed by atoms with Crippen molar-refractivity contribution in [3.8, 4) is 0 Å². The zero-order valence-corrected chi connectivity index (χ0v) is 13.2. The Bertz CT molecular complexity index is 571. The van der Waals surface area contributed by atoms with Gasteiger partial charge >= 0.3 is 0 Å². The maximum absolute atomic E-state index is 12.1. The van der Waals surface area contributed by atoms with E-state index < -0.39 is 9.05 Å². The molecule has 0 aliphatic carbocycles. The van der Waals surface area contributed by atoms with E-state index in [1.165, 1.54) is 23.1 Å². The van der Waals surface area contributed by atoms with E-state index >= 15 is 0 Å². The molecule has 112 valence electrons. The molecule has 5 nitrogen and oxygen atoms in total. The third-order valence-electron chi connectivity index (χ3n) is 2.59. The van der Waals surface area contributed by atoms with Crippen molar-refractivity contribution < 1.29 is 17.9 Å². The molecule has 1 aromatic carbocycles. The minimum atomic E-state index is -3.84. The lowest BCUT2D eigenvalue weighted by molar-refractivity contribution is 0.0532. The Morgan fingerprint density at radius 1 is 1.40 bits per heavy atom. The molecule has 0 radical (unpaired) electrons. The van der Waals surface area contributed by atoms with Crippen LogP contribution in [0.3, 0.4) is 0 Å². The van der Waals surface area contributed by atoms with Crippen LogP contribution in [0.4, 0.5) is 0 Å². The molecular weight excluding hydrogens is 302 g/mol. The third-order valence-corrected chi connectivity index (χ3v) is 3.94. The average molecular weight is 320 g/mol. The van der Waals surface area contributed by atoms with Crippen LogP contribution < -0.4 is 0 Å². The summed E-state index contributed by atoms with van der Waals surface area (Å²) >= 11 is 0. The van der Waals surface area contributed by atoms with Crippen LogP contribution in [0, 0.1) is 0 Å². The van der Waals surface area contributed by atoms with E-state index in [1.54, 1.807) is 13.1 Å². The monoisotopic (exact) mass is 319 g/mol. The molecule has 0 unspecified atom stereocenters. The first kappa shape index (κ1) is 16.9. The summed E-state index contributed by atoms with van der Waals surface area (Å²) in [5.74, 6) is -0.278. The number of ether oxygens (including phenoxy) is 1. The summed E-state index contributed by atoms with van der Waals surface area (Å²) in [6, 6.07) is 5.65. The molecule has 0 fully saturated rings. The largest absolute Gasteiger partial charge is 0.377 e. The Balaban J connectivity index is 2.77. The van der Waals surface area contributed by atoms with Gasteiger partial charge in [0.05, 0.1) is 17.6 Å². The molecule has 20 heavy (non-hydrogen) atoms. The molecule has 1 amide bonds. The number of benzene rings is 1. The zero-order chi connectivity index (χ0) is 15.3. The van der Waals surface area contributed by atoms with Crippen molar-refractivity contribution in [3.63, 3.8) is 0 Å². The molecule has 0 aromatic heterocycles. The Morgan fingerprint density at radius 3 is 2.60 bits per heavy atom. The highest BCUT2D eigenvalue weighted by Crippen LogP contribution is 2.17. The van der Waals surface area contributed by atoms with Gasteiger partial charge in [-0.1, -0.05) is 6.07 Å². The smallest absolute Gasteiger partial charge is 0.261 e. The van der Waals surface area contributed by atoms with E-state index in [2.05, 4.69) is 0 Å². The second-order valence-corrected chi connectivity index (χ2v) is 7.18. The lowest BCUT2D eigenvalue weighted by Gasteiger charge is -2.18. The van der Waals surface area contributed by atoms with E-state index in [0.717, 1.165) is 0 Å². The topological polar surface area (TPSA) is 63.7 Å². The van der Waals surface area contributed by atoms with Gasteiger partial charge in [0.25, 0.3) is 15.0 Å². The summed E-state index contributed by atoms with van der Waals surface area (Å²) in [5, 5.41) is 0. The molecule has 0 aliphatic rings. The highest BCUT2D eigenvalue weighted by atomic mass is 35.7. The molecule has 0 heterocycles. The molecular formula is C13H18ClNO4S. The SMILES string of the molecule is CC(C)OCCN(C)C(=O)c1cccc(S(=O)(=O)Cl)c1. The van der Waals surface area contributed by atoms with Crippen molar-refractivity contribution in [3.05, 3.63) is 29.8 Å². The van der Waals surface area contributed by atoms with Gasteiger partial charge in [-0.2, -0.15) is 0 Å². The first-order valence-corrected chi connectivity index (χ1v) is 8.44. The summed E-state index contributed by atoms with van der Waals surface area (Å²) in [6.07, 6.45) is 0.100. The molecule has 0 bridgehead atoms. The fourth-order valence-electron chi connectivity index (χ4n) is 1.53. The van der Waals surface area contributed by atoms with Crippen LogP contribution in [-0.2, 0) is 13.8 Å². The first-order valence-electron chi connectivity index (χ1n) is 6.13. The summed E-state index contributed by atoms with van der Waals surface area (Å²) in [6.45, 7) is 4.68. The number of halogens is 1. The summed E-state index contributed by atoms with van der Waals surface area (Å²) in [7, 11) is 3.06. The van der Waals surface area contributed by atoms with Gasteiger partial charge in [0.1, 0.15) is 0 Å². The van der Waals surface area contributed by atoms with Gasteiger partial charge in [-0.05, 0) is 32.0 Å². The van der Waals surface area contributed by atoms with Crippen LogP contribution in [-0.4, -0.2) is 45.5 Å². The fourth-order valence-corrected chi connectivity index (χ4v) is 2.32. The number of nitrogens with zero attached hydrogens (tertiary/aromatic N) is 1. The Labute approximate surface area is 123 Å². The Kier molecular flexibility index (Phi) is 5.98. The highest BCUT2D eigenvalue weighted by molar-refractivity contribution is 8.13. The van der Waals surface area contributed by atoms with Gasteiger partial charge in [0, 0.05) is 29.8 Å². The second-order valence-electron chi connectivity index (χ2n) is 4.61. The van der Waals surface area contributed by atoms with Gasteiger partial charge in [-0.15, -0.1) is 0 Å². The fraction of sp³-hybridized carbons (Fsp3) is 0.462. The predicted molar refractivity (Wildman–Crippen MR) is 77.5 cm³/mol. The second kappa shape index (κ2) is 7.06. The number of rotatable bonds is 6. The molecule has 0 aliphatic heterocycles. The molecule has 0 saturated heterocycles. The molecule has 0 saturated carbocycles. The molecule has 1 rings (SSSR count). The van der Waals surface area contributed by atoms with Gasteiger partial charge in [-0.3, -0.25) is 4.79 Å². The molecule has 1 aromatic rings. The normalized spacial score (nSPS) is 11.7. The lowest BCUT2D eigenvalue weighted by atomic mass is 10.2. The molecule has 0 N–H and O–H groups in total. The van der Waals surface area contributed by atoms with Crippen LogP contribution in [0.5, 0.6) is 0 Å². The standard InChI is InChI=1S/C13H18ClNO4S/c1-10(2)19-8-7-15(3)13(16)11-5-4-6-12(9-11)20(14,17)18/h4-6,9-10H,7-8H2,1-3H3. The average Bonchev–Trinajstić information content (AvgIpc) is 2.36. The predicted octanol–water partition coefficient (Wildman–Crippen LogP) is 2.11. The summed E-state index contributed by atoms with van der Waals surface area (Å²) < 4.78 is 27.9. The lowest BCUT2D eigenvalue weighted by Crippen LogP contribution is -2.30. The van der Waals surface area contributed by atoms with Gasteiger partial charge in [0.15, 0.2) is 0 Å². The highest BCUT2D eigenvalue weighted by Gasteiger charge is 2.16. The first-order chi connectivity index (χ1) is 9.21. The van der Waals surface area contributed by atoms with E-state index in [1.807, 2.05) is 13.8 Å². The number of hydrogen-bond acceptors (Lipinski definition) is 4. The number of hydrogen-bond donors (Lipinski definition) is 0. The van der Waals surface area contributed by atoms with Crippen LogP contribution in [0.1, 0.15) is 24.2 Å². The van der Waals surface area contributed by atoms with Crippen LogP contribution >= 0.6 is 10.7 Å². The molecule has 7 heteroatoms. The van der Waals surface area contributed by atoms with E-state index in [0.29, 0.717) is 13.2 Å². The van der Waals surface area contributed by atoms with Gasteiger partial charge in [0.2, 0.25) is 0 Å². The van der Waals surface area contributed by atoms with Gasteiger partial charge < -0.3 is 9.64 Å². The summed E-state index contributed by atoms with van der Waals surface area (Å²) in [4.78, 5) is 13.5. The number of likely N-dealkylation sites (N-methyl/N-ethyl adjacent to an activating group) is 1. The van der Waals surface area contributed by atoms with Crippen molar-refractivity contribution in [2.45, 2.75) is 24.8 Å². The Hall–Kier alpha value is -1.11. The van der Waals surface area contributed by atoms with Crippen molar-refractivity contribution in [1.82, 2.24) is 4.90 Å². The van der Waals surface area contributed by atoms with E-state index in [4.69, 9.17) is 15.4 Å². The van der Waals surface area contributed by atoms with E-state index in [9.17, 15) is 13.2 Å². The van der Waals surface area contributed by atoms with Crippen molar-refractivity contribution in [2.75, 3.05) is 20.2 Å². The van der Waals surface area contributed by atoms with Crippen LogP contribution in [0.25, 0.3) is 0 Å². The van der Waals surface area contributed by atoms with Crippen molar-refractivity contribution >= 4 is 25.6 Å².